The summed E-state index contributed by atoms with van der Waals surface area (Å²) in [6.07, 6.45) is 2.40. The van der Waals surface area contributed by atoms with E-state index in [1.54, 1.807) is 35.2 Å². The maximum atomic E-state index is 13.3. The van der Waals surface area contributed by atoms with Gasteiger partial charge in [0.25, 0.3) is 5.91 Å². The van der Waals surface area contributed by atoms with Crippen molar-refractivity contribution in [3.63, 3.8) is 0 Å². The number of nitrogens with zero attached hydrogens (tertiary/aromatic N) is 2. The van der Waals surface area contributed by atoms with Gasteiger partial charge in [0.15, 0.2) is 5.76 Å². The average Bonchev–Trinajstić information content (AvgIpc) is 3.47. The van der Waals surface area contributed by atoms with Crippen LogP contribution in [0, 0.1) is 0 Å². The Hall–Kier alpha value is -2.94. The number of benzene rings is 1. The summed E-state index contributed by atoms with van der Waals surface area (Å²) in [7, 11) is 0. The maximum absolute atomic E-state index is 13.3. The zero-order chi connectivity index (χ0) is 23.2. The van der Waals surface area contributed by atoms with Gasteiger partial charge in [-0.15, -0.1) is 11.3 Å². The minimum Gasteiger partial charge on any atom is -0.503 e. The minimum absolute atomic E-state index is 0.133. The van der Waals surface area contributed by atoms with E-state index >= 15 is 0 Å². The number of morpholine rings is 1. The first-order chi connectivity index (χ1) is 16.1. The molecule has 1 atom stereocenters. The molecule has 1 aromatic carbocycles. The Labute approximate surface area is 197 Å². The fraction of sp³-hybridized carbons (Fsp3) is 0.360. The van der Waals surface area contributed by atoms with Crippen molar-refractivity contribution in [3.8, 4) is 5.75 Å². The molecule has 0 unspecified atom stereocenters. The van der Waals surface area contributed by atoms with Crippen LogP contribution in [0.1, 0.15) is 27.7 Å². The Morgan fingerprint density at radius 3 is 2.64 bits per heavy atom. The van der Waals surface area contributed by atoms with E-state index < -0.39 is 17.7 Å². The molecule has 2 aliphatic heterocycles. The first-order valence-corrected chi connectivity index (χ1v) is 11.9. The molecule has 1 saturated heterocycles. The van der Waals surface area contributed by atoms with E-state index in [9.17, 15) is 14.7 Å². The topological polar surface area (TPSA) is 79.3 Å². The Morgan fingerprint density at radius 2 is 1.97 bits per heavy atom. The third-order valence-corrected chi connectivity index (χ3v) is 6.70. The molecular weight excluding hydrogens is 440 g/mol. The molecule has 33 heavy (non-hydrogen) atoms. The number of thiophene rings is 1. The van der Waals surface area contributed by atoms with E-state index in [-0.39, 0.29) is 11.4 Å². The van der Waals surface area contributed by atoms with Crippen LogP contribution in [-0.4, -0.2) is 72.6 Å². The number of aliphatic hydroxyl groups excluding tert-OH is 1. The third kappa shape index (κ3) is 5.19. The van der Waals surface area contributed by atoms with Gasteiger partial charge in [0.05, 0.1) is 29.7 Å². The second-order valence-corrected chi connectivity index (χ2v) is 8.89. The first kappa shape index (κ1) is 23.2. The summed E-state index contributed by atoms with van der Waals surface area (Å²) >= 11 is 1.30. The molecule has 2 aliphatic rings. The second kappa shape index (κ2) is 10.8. The summed E-state index contributed by atoms with van der Waals surface area (Å²) in [6, 6.07) is 10.1. The highest BCUT2D eigenvalue weighted by Gasteiger charge is 2.43. The van der Waals surface area contributed by atoms with Crippen LogP contribution in [0.5, 0.6) is 5.75 Å². The highest BCUT2D eigenvalue weighted by atomic mass is 32.1. The van der Waals surface area contributed by atoms with Crippen LogP contribution in [0.15, 0.2) is 65.8 Å². The summed E-state index contributed by atoms with van der Waals surface area (Å²) in [6.45, 7) is 8.46. The molecule has 1 aromatic heterocycles. The van der Waals surface area contributed by atoms with E-state index in [4.69, 9.17) is 9.47 Å². The number of hydrogen-bond donors (Lipinski definition) is 1. The molecule has 0 aliphatic carbocycles. The molecular formula is C25H28N2O5S. The van der Waals surface area contributed by atoms with E-state index in [1.807, 2.05) is 17.5 Å². The normalized spacial score (nSPS) is 19.2. The minimum atomic E-state index is -0.648. The quantitative estimate of drug-likeness (QED) is 0.424. The Morgan fingerprint density at radius 1 is 1.21 bits per heavy atom. The monoisotopic (exact) mass is 468 g/mol. The molecule has 4 rings (SSSR count). The van der Waals surface area contributed by atoms with Crippen LogP contribution in [-0.2, 0) is 9.53 Å². The lowest BCUT2D eigenvalue weighted by molar-refractivity contribution is -0.129. The number of ketones is 1. The van der Waals surface area contributed by atoms with Crippen molar-refractivity contribution in [3.05, 3.63) is 76.2 Å². The summed E-state index contributed by atoms with van der Waals surface area (Å²) in [5, 5.41) is 12.6. The van der Waals surface area contributed by atoms with Crippen molar-refractivity contribution in [2.45, 2.75) is 12.5 Å². The number of ether oxygens (including phenoxy) is 2. The molecule has 7 nitrogen and oxygen atoms in total. The Kier molecular flexibility index (Phi) is 7.59. The van der Waals surface area contributed by atoms with Gasteiger partial charge in [-0.1, -0.05) is 30.9 Å². The van der Waals surface area contributed by atoms with Crippen LogP contribution in [0.2, 0.25) is 0 Å². The van der Waals surface area contributed by atoms with Crippen molar-refractivity contribution in [1.82, 2.24) is 9.80 Å². The zero-order valence-electron chi connectivity index (χ0n) is 18.4. The average molecular weight is 469 g/mol. The van der Waals surface area contributed by atoms with Gasteiger partial charge in [0.1, 0.15) is 12.4 Å². The van der Waals surface area contributed by atoms with Gasteiger partial charge < -0.3 is 19.5 Å². The third-order valence-electron chi connectivity index (χ3n) is 5.83. The van der Waals surface area contributed by atoms with Crippen molar-refractivity contribution >= 4 is 23.0 Å². The largest absolute Gasteiger partial charge is 0.503 e. The number of amides is 1. The van der Waals surface area contributed by atoms with Gasteiger partial charge in [-0.2, -0.15) is 0 Å². The summed E-state index contributed by atoms with van der Waals surface area (Å²) in [5.74, 6) is -0.615. The number of hydrogen-bond acceptors (Lipinski definition) is 7. The van der Waals surface area contributed by atoms with Gasteiger partial charge in [0.2, 0.25) is 5.78 Å². The van der Waals surface area contributed by atoms with Crippen LogP contribution in [0.4, 0.5) is 0 Å². The van der Waals surface area contributed by atoms with Crippen LogP contribution >= 0.6 is 11.3 Å². The molecule has 2 aromatic rings. The lowest BCUT2D eigenvalue weighted by atomic mass is 9.95. The van der Waals surface area contributed by atoms with Gasteiger partial charge in [-0.05, 0) is 35.6 Å². The van der Waals surface area contributed by atoms with Crippen molar-refractivity contribution < 1.29 is 24.2 Å². The molecule has 1 fully saturated rings. The summed E-state index contributed by atoms with van der Waals surface area (Å²) in [4.78, 5) is 30.7. The lowest BCUT2D eigenvalue weighted by Crippen LogP contribution is -2.39. The molecule has 3 heterocycles. The van der Waals surface area contributed by atoms with Crippen molar-refractivity contribution in [1.29, 1.82) is 0 Å². The van der Waals surface area contributed by atoms with Crippen LogP contribution < -0.4 is 4.74 Å². The van der Waals surface area contributed by atoms with Gasteiger partial charge in [0, 0.05) is 26.2 Å². The number of Topliss-reactive ketones (excluding diaryl/α,β-unsaturated/α-hetero) is 1. The Balaban J connectivity index is 1.58. The highest BCUT2D eigenvalue weighted by molar-refractivity contribution is 7.12. The van der Waals surface area contributed by atoms with E-state index in [1.165, 1.54) is 11.3 Å². The molecule has 8 heteroatoms. The highest BCUT2D eigenvalue weighted by Crippen LogP contribution is 2.40. The number of aliphatic hydroxyl groups is 1. The number of carbonyl (C=O) groups is 2. The first-order valence-electron chi connectivity index (χ1n) is 11.1. The number of carbonyl (C=O) groups excluding carboxylic acids is 2. The SMILES string of the molecule is C=CCOc1ccc([C@@H]2C(C(=O)c3cccs3)=C(O)C(=O)N2CCCN2CCOCC2)cc1. The van der Waals surface area contributed by atoms with Gasteiger partial charge in [-0.3, -0.25) is 14.5 Å². The second-order valence-electron chi connectivity index (χ2n) is 7.95. The summed E-state index contributed by atoms with van der Waals surface area (Å²) in [5.41, 5.74) is 0.887. The van der Waals surface area contributed by atoms with Crippen LogP contribution in [0.3, 0.4) is 0 Å². The Bertz CT molecular complexity index is 1010. The zero-order valence-corrected chi connectivity index (χ0v) is 19.3. The molecule has 174 valence electrons. The fourth-order valence-corrected chi connectivity index (χ4v) is 4.87. The van der Waals surface area contributed by atoms with Crippen molar-refractivity contribution in [2.24, 2.45) is 0 Å². The van der Waals surface area contributed by atoms with Gasteiger partial charge >= 0.3 is 0 Å². The molecule has 0 bridgehead atoms. The van der Waals surface area contributed by atoms with E-state index in [0.717, 1.165) is 31.6 Å². The molecule has 0 saturated carbocycles. The van der Waals surface area contributed by atoms with Crippen LogP contribution in [0.25, 0.3) is 0 Å². The van der Waals surface area contributed by atoms with E-state index in [2.05, 4.69) is 11.5 Å². The van der Waals surface area contributed by atoms with Crippen molar-refractivity contribution in [2.75, 3.05) is 46.0 Å². The number of rotatable bonds is 10. The fourth-order valence-electron chi connectivity index (χ4n) is 4.19. The standard InChI is InChI=1S/C25H28N2O5S/c1-2-14-32-19-8-6-18(7-9-19)22-21(23(28)20-5-3-17-33-20)24(29)25(30)27(22)11-4-10-26-12-15-31-16-13-26/h2-3,5-9,17,22,29H,1,4,10-16H2/t22-/m1/s1. The predicted octanol–water partition coefficient (Wildman–Crippen LogP) is 3.61. The molecule has 1 N–H and O–H groups in total. The maximum Gasteiger partial charge on any atom is 0.290 e. The molecule has 0 radical (unpaired) electrons. The predicted molar refractivity (Wildman–Crippen MR) is 127 cm³/mol. The smallest absolute Gasteiger partial charge is 0.290 e. The summed E-state index contributed by atoms with van der Waals surface area (Å²) < 4.78 is 11.0. The lowest BCUT2D eigenvalue weighted by Gasteiger charge is -2.30. The van der Waals surface area contributed by atoms with Gasteiger partial charge in [-0.25, -0.2) is 0 Å². The molecule has 1 amide bonds. The molecule has 0 spiro atoms. The van der Waals surface area contributed by atoms with E-state index in [0.29, 0.717) is 37.0 Å².